The molecule has 0 fully saturated rings. The van der Waals surface area contributed by atoms with Gasteiger partial charge < -0.3 is 15.1 Å². The average Bonchev–Trinajstić information content (AvgIpc) is 2.79. The lowest BCUT2D eigenvalue weighted by molar-refractivity contribution is -0.162. The molecule has 0 saturated heterocycles. The van der Waals surface area contributed by atoms with Crippen molar-refractivity contribution in [3.63, 3.8) is 0 Å². The fraction of sp³-hybridized carbons (Fsp3) is 0.583. The number of hydrogen-bond acceptors (Lipinski definition) is 3. The van der Waals surface area contributed by atoms with E-state index < -0.39 is 18.6 Å². The van der Waals surface area contributed by atoms with Crippen molar-refractivity contribution in [3.05, 3.63) is 24.2 Å². The van der Waals surface area contributed by atoms with Crippen molar-refractivity contribution in [2.24, 2.45) is 5.73 Å². The van der Waals surface area contributed by atoms with E-state index in [1.165, 1.54) is 12.3 Å². The van der Waals surface area contributed by atoms with Crippen LogP contribution >= 0.6 is 0 Å². The number of hydrogen-bond donors (Lipinski definition) is 1. The molecule has 2 N–H and O–H groups in total. The van der Waals surface area contributed by atoms with Gasteiger partial charge in [0.2, 0.25) is 5.91 Å². The second-order valence-electron chi connectivity index (χ2n) is 4.19. The van der Waals surface area contributed by atoms with Crippen molar-refractivity contribution in [1.82, 2.24) is 4.90 Å². The lowest BCUT2D eigenvalue weighted by Crippen LogP contribution is -2.38. The van der Waals surface area contributed by atoms with Crippen LogP contribution in [0.4, 0.5) is 13.2 Å². The molecule has 0 unspecified atom stereocenters. The maximum Gasteiger partial charge on any atom is 0.406 e. The van der Waals surface area contributed by atoms with Crippen LogP contribution in [-0.2, 0) is 11.3 Å². The van der Waals surface area contributed by atoms with E-state index in [0.717, 1.165) is 4.90 Å². The molecule has 0 aliphatic heterocycles. The van der Waals surface area contributed by atoms with Gasteiger partial charge >= 0.3 is 6.18 Å². The van der Waals surface area contributed by atoms with Gasteiger partial charge in [0.05, 0.1) is 12.8 Å². The summed E-state index contributed by atoms with van der Waals surface area (Å²) >= 11 is 0. The summed E-state index contributed by atoms with van der Waals surface area (Å²) in [7, 11) is 0. The Morgan fingerprint density at radius 3 is 2.63 bits per heavy atom. The van der Waals surface area contributed by atoms with Gasteiger partial charge in [-0.1, -0.05) is 0 Å². The van der Waals surface area contributed by atoms with Gasteiger partial charge in [0.15, 0.2) is 0 Å². The third-order valence-corrected chi connectivity index (χ3v) is 2.49. The minimum absolute atomic E-state index is 0.0635. The minimum atomic E-state index is -4.42. The molecular formula is C12H17F3N2O2. The highest BCUT2D eigenvalue weighted by atomic mass is 19.4. The Morgan fingerprint density at radius 1 is 1.37 bits per heavy atom. The average molecular weight is 278 g/mol. The van der Waals surface area contributed by atoms with Crippen LogP contribution in [0.2, 0.25) is 0 Å². The van der Waals surface area contributed by atoms with Crippen LogP contribution in [0.1, 0.15) is 25.0 Å². The summed E-state index contributed by atoms with van der Waals surface area (Å²) in [6.45, 7) is -1.02. The van der Waals surface area contributed by atoms with Crippen LogP contribution in [0.5, 0.6) is 0 Å². The lowest BCUT2D eigenvalue weighted by Gasteiger charge is -2.23. The summed E-state index contributed by atoms with van der Waals surface area (Å²) in [4.78, 5) is 12.5. The molecule has 0 saturated carbocycles. The molecule has 1 heterocycles. The number of carbonyl (C=O) groups is 1. The first kappa shape index (κ1) is 15.6. The normalized spacial score (nSPS) is 11.6. The minimum Gasteiger partial charge on any atom is -0.467 e. The molecule has 1 aromatic heterocycles. The number of rotatable bonds is 7. The monoisotopic (exact) mass is 278 g/mol. The Balaban J connectivity index is 2.60. The number of alkyl halides is 3. The molecule has 0 aliphatic rings. The van der Waals surface area contributed by atoms with Gasteiger partial charge in [-0.2, -0.15) is 13.2 Å². The van der Waals surface area contributed by atoms with E-state index in [4.69, 9.17) is 10.2 Å². The fourth-order valence-electron chi connectivity index (χ4n) is 1.62. The second-order valence-corrected chi connectivity index (χ2v) is 4.19. The molecule has 1 rings (SSSR count). The van der Waals surface area contributed by atoms with Crippen LogP contribution in [0.15, 0.2) is 22.8 Å². The predicted molar refractivity (Wildman–Crippen MR) is 63.1 cm³/mol. The molecule has 0 atom stereocenters. The van der Waals surface area contributed by atoms with Gasteiger partial charge in [-0.3, -0.25) is 4.79 Å². The SMILES string of the molecule is NCCCCC(=O)N(Cc1ccco1)CC(F)(F)F. The van der Waals surface area contributed by atoms with Crippen molar-refractivity contribution >= 4 is 5.91 Å². The Kier molecular flexibility index (Phi) is 5.88. The first-order valence-corrected chi connectivity index (χ1v) is 5.99. The van der Waals surface area contributed by atoms with E-state index in [0.29, 0.717) is 25.1 Å². The molecule has 19 heavy (non-hydrogen) atoms. The van der Waals surface area contributed by atoms with Crippen molar-refractivity contribution in [2.45, 2.75) is 32.0 Å². The number of nitrogens with two attached hydrogens (primary N) is 1. The zero-order valence-corrected chi connectivity index (χ0v) is 10.4. The fourth-order valence-corrected chi connectivity index (χ4v) is 1.62. The van der Waals surface area contributed by atoms with Gasteiger partial charge in [-0.25, -0.2) is 0 Å². The molecule has 1 amide bonds. The summed E-state index contributed by atoms with van der Waals surface area (Å²) in [5.41, 5.74) is 5.28. The lowest BCUT2D eigenvalue weighted by atomic mass is 10.2. The largest absolute Gasteiger partial charge is 0.467 e. The first-order valence-electron chi connectivity index (χ1n) is 5.99. The molecule has 0 bridgehead atoms. The summed E-state index contributed by atoms with van der Waals surface area (Å²) in [5, 5.41) is 0. The van der Waals surface area contributed by atoms with Crippen molar-refractivity contribution in [1.29, 1.82) is 0 Å². The van der Waals surface area contributed by atoms with E-state index in [9.17, 15) is 18.0 Å². The first-order chi connectivity index (χ1) is 8.92. The molecule has 4 nitrogen and oxygen atoms in total. The molecule has 1 aromatic rings. The van der Waals surface area contributed by atoms with Gasteiger partial charge in [0.25, 0.3) is 0 Å². The number of halogens is 3. The molecule has 0 radical (unpaired) electrons. The third kappa shape index (κ3) is 6.28. The predicted octanol–water partition coefficient (Wildman–Crippen LogP) is 2.30. The van der Waals surface area contributed by atoms with E-state index >= 15 is 0 Å². The quantitative estimate of drug-likeness (QED) is 0.778. The smallest absolute Gasteiger partial charge is 0.406 e. The van der Waals surface area contributed by atoms with Crippen molar-refractivity contribution < 1.29 is 22.4 Å². The maximum absolute atomic E-state index is 12.4. The Hall–Kier alpha value is -1.50. The van der Waals surface area contributed by atoms with E-state index in [2.05, 4.69) is 0 Å². The maximum atomic E-state index is 12.4. The van der Waals surface area contributed by atoms with Crippen LogP contribution in [-0.4, -0.2) is 30.1 Å². The highest BCUT2D eigenvalue weighted by molar-refractivity contribution is 5.76. The zero-order chi connectivity index (χ0) is 14.3. The van der Waals surface area contributed by atoms with Crippen LogP contribution in [0.3, 0.4) is 0 Å². The van der Waals surface area contributed by atoms with E-state index in [-0.39, 0.29) is 13.0 Å². The van der Waals surface area contributed by atoms with Gasteiger partial charge in [0.1, 0.15) is 12.3 Å². The highest BCUT2D eigenvalue weighted by Gasteiger charge is 2.33. The Bertz CT molecular complexity index is 377. The van der Waals surface area contributed by atoms with Crippen LogP contribution in [0, 0.1) is 0 Å². The van der Waals surface area contributed by atoms with Gasteiger partial charge in [-0.05, 0) is 31.5 Å². The molecular weight excluding hydrogens is 261 g/mol. The number of furan rings is 1. The summed E-state index contributed by atoms with van der Waals surface area (Å²) in [5.74, 6) is -0.210. The topological polar surface area (TPSA) is 59.5 Å². The van der Waals surface area contributed by atoms with Crippen LogP contribution in [0.25, 0.3) is 0 Å². The molecule has 0 aromatic carbocycles. The summed E-state index contributed by atoms with van der Waals surface area (Å²) in [6, 6.07) is 3.11. The Labute approximate surface area is 109 Å². The van der Waals surface area contributed by atoms with Crippen molar-refractivity contribution in [2.75, 3.05) is 13.1 Å². The van der Waals surface area contributed by atoms with E-state index in [1.807, 2.05) is 0 Å². The van der Waals surface area contributed by atoms with Crippen molar-refractivity contribution in [3.8, 4) is 0 Å². The highest BCUT2D eigenvalue weighted by Crippen LogP contribution is 2.19. The van der Waals surface area contributed by atoms with Gasteiger partial charge in [-0.15, -0.1) is 0 Å². The summed E-state index contributed by atoms with van der Waals surface area (Å²) < 4.78 is 42.3. The number of amides is 1. The Morgan fingerprint density at radius 2 is 2.11 bits per heavy atom. The van der Waals surface area contributed by atoms with Crippen LogP contribution < -0.4 is 5.73 Å². The number of nitrogens with zero attached hydrogens (tertiary/aromatic N) is 1. The molecule has 108 valence electrons. The molecule has 7 heteroatoms. The number of unbranched alkanes of at least 4 members (excludes halogenated alkanes) is 1. The summed E-state index contributed by atoms with van der Waals surface area (Å²) in [6.07, 6.45) is -1.89. The molecule has 0 aliphatic carbocycles. The number of carbonyl (C=O) groups excluding carboxylic acids is 1. The van der Waals surface area contributed by atoms with E-state index in [1.54, 1.807) is 6.07 Å². The zero-order valence-electron chi connectivity index (χ0n) is 10.4. The standard InChI is InChI=1S/C12H17F3N2O2/c13-12(14,15)9-17(8-10-4-3-7-19-10)11(18)5-1-2-6-16/h3-4,7H,1-2,5-6,8-9,16H2. The third-order valence-electron chi connectivity index (χ3n) is 2.49. The molecule has 0 spiro atoms. The second kappa shape index (κ2) is 7.18. The van der Waals surface area contributed by atoms with Gasteiger partial charge in [0, 0.05) is 6.42 Å².